The quantitative estimate of drug-likeness (QED) is 0.686. The lowest BCUT2D eigenvalue weighted by Crippen LogP contribution is -2.34. The van der Waals surface area contributed by atoms with Crippen molar-refractivity contribution in [3.8, 4) is 0 Å². The van der Waals surface area contributed by atoms with Gasteiger partial charge in [-0.05, 0) is 23.8 Å². The Morgan fingerprint density at radius 3 is 2.60 bits per heavy atom. The van der Waals surface area contributed by atoms with Gasteiger partial charge in [-0.15, -0.1) is 0 Å². The highest BCUT2D eigenvalue weighted by Gasteiger charge is 2.34. The first-order valence-corrected chi connectivity index (χ1v) is 6.36. The van der Waals surface area contributed by atoms with E-state index in [9.17, 15) is 14.4 Å². The summed E-state index contributed by atoms with van der Waals surface area (Å²) in [7, 11) is 0. The second kappa shape index (κ2) is 5.64. The number of nitrogens with zero attached hydrogens (tertiary/aromatic N) is 1. The van der Waals surface area contributed by atoms with E-state index in [-0.39, 0.29) is 12.0 Å². The molecule has 1 saturated heterocycles. The highest BCUT2D eigenvalue weighted by Crippen LogP contribution is 2.26. The highest BCUT2D eigenvalue weighted by molar-refractivity contribution is 6.42. The summed E-state index contributed by atoms with van der Waals surface area (Å²) in [6, 6.07) is 4.79. The van der Waals surface area contributed by atoms with Crippen molar-refractivity contribution in [3.63, 3.8) is 0 Å². The van der Waals surface area contributed by atoms with Crippen LogP contribution in [0.3, 0.4) is 0 Å². The van der Waals surface area contributed by atoms with Gasteiger partial charge in [0.1, 0.15) is 6.54 Å². The van der Waals surface area contributed by atoms with E-state index in [1.54, 1.807) is 18.2 Å². The number of benzene rings is 1. The molecule has 0 aliphatic carbocycles. The summed E-state index contributed by atoms with van der Waals surface area (Å²) < 4.78 is 0. The van der Waals surface area contributed by atoms with Crippen LogP contribution in [-0.4, -0.2) is 34.3 Å². The summed E-state index contributed by atoms with van der Waals surface area (Å²) in [5, 5.41) is 9.37. The molecule has 7 heteroatoms. The smallest absolute Gasteiger partial charge is 0.323 e. The zero-order valence-electron chi connectivity index (χ0n) is 10.1. The number of carboxylic acids is 1. The first-order valence-electron chi connectivity index (χ1n) is 5.60. The molecule has 1 aromatic rings. The fraction of sp³-hybridized carbons (Fsp3) is 0.154. The predicted octanol–water partition coefficient (Wildman–Crippen LogP) is 2.22. The van der Waals surface area contributed by atoms with Gasteiger partial charge in [-0.1, -0.05) is 29.3 Å². The van der Waals surface area contributed by atoms with E-state index in [1.807, 2.05) is 0 Å². The predicted molar refractivity (Wildman–Crippen MR) is 73.4 cm³/mol. The largest absolute Gasteiger partial charge is 0.480 e. The Morgan fingerprint density at radius 1 is 1.30 bits per heavy atom. The normalized spacial score (nSPS) is 17.1. The summed E-state index contributed by atoms with van der Waals surface area (Å²) in [4.78, 5) is 34.8. The molecule has 0 bridgehead atoms. The van der Waals surface area contributed by atoms with Crippen molar-refractivity contribution in [1.29, 1.82) is 0 Å². The molecule has 1 fully saturated rings. The molecule has 1 aromatic carbocycles. The lowest BCUT2D eigenvalue weighted by atomic mass is 10.1. The van der Waals surface area contributed by atoms with Crippen LogP contribution in [0.2, 0.25) is 10.0 Å². The van der Waals surface area contributed by atoms with Crippen molar-refractivity contribution >= 4 is 47.1 Å². The molecule has 2 amide bonds. The van der Waals surface area contributed by atoms with Crippen molar-refractivity contribution in [1.82, 2.24) is 4.90 Å². The number of carbonyl (C=O) groups excluding carboxylic acids is 2. The molecule has 0 aromatic heterocycles. The number of hydrogen-bond donors (Lipinski definition) is 1. The monoisotopic (exact) mass is 313 g/mol. The fourth-order valence-corrected chi connectivity index (χ4v) is 2.14. The Kier molecular flexibility index (Phi) is 4.11. The number of hydrogen-bond acceptors (Lipinski definition) is 3. The molecule has 2 rings (SSSR count). The Hall–Kier alpha value is -1.85. The van der Waals surface area contributed by atoms with E-state index in [1.165, 1.54) is 6.08 Å². The summed E-state index contributed by atoms with van der Waals surface area (Å²) >= 11 is 11.6. The van der Waals surface area contributed by atoms with Crippen LogP contribution in [0.15, 0.2) is 23.8 Å². The highest BCUT2D eigenvalue weighted by atomic mass is 35.5. The van der Waals surface area contributed by atoms with Gasteiger partial charge in [-0.25, -0.2) is 0 Å². The van der Waals surface area contributed by atoms with Crippen LogP contribution in [0.1, 0.15) is 12.0 Å². The van der Waals surface area contributed by atoms with Crippen molar-refractivity contribution in [3.05, 3.63) is 39.4 Å². The van der Waals surface area contributed by atoms with E-state index in [2.05, 4.69) is 0 Å². The van der Waals surface area contributed by atoms with Crippen LogP contribution in [-0.2, 0) is 14.4 Å². The molecular formula is C13H9Cl2NO4. The van der Waals surface area contributed by atoms with E-state index in [0.29, 0.717) is 20.5 Å². The average molecular weight is 314 g/mol. The lowest BCUT2D eigenvalue weighted by molar-refractivity contribution is -0.148. The Labute approximate surface area is 124 Å². The number of carboxylic acid groups (broad SMARTS) is 1. The van der Waals surface area contributed by atoms with Crippen molar-refractivity contribution < 1.29 is 19.5 Å². The Balaban J connectivity index is 2.27. The second-order valence-corrected chi connectivity index (χ2v) is 5.01. The van der Waals surface area contributed by atoms with Gasteiger partial charge < -0.3 is 5.11 Å². The fourth-order valence-electron chi connectivity index (χ4n) is 1.83. The number of carbonyl (C=O) groups is 3. The van der Waals surface area contributed by atoms with Gasteiger partial charge in [0.25, 0.3) is 5.91 Å². The SMILES string of the molecule is O=C(O)CN1C(=O)C/C(=C\c2ccc(Cl)c(Cl)c2)C1=O. The lowest BCUT2D eigenvalue weighted by Gasteiger charge is -2.09. The van der Waals surface area contributed by atoms with Crippen LogP contribution < -0.4 is 0 Å². The topological polar surface area (TPSA) is 74.7 Å². The number of halogens is 2. The first kappa shape index (κ1) is 14.6. The average Bonchev–Trinajstić information content (AvgIpc) is 2.61. The van der Waals surface area contributed by atoms with Gasteiger partial charge in [0.15, 0.2) is 0 Å². The molecular weight excluding hydrogens is 305 g/mol. The molecule has 1 heterocycles. The van der Waals surface area contributed by atoms with Gasteiger partial charge in [0.05, 0.1) is 16.5 Å². The number of rotatable bonds is 3. The summed E-state index contributed by atoms with van der Waals surface area (Å²) in [6.45, 7) is -0.629. The molecule has 0 atom stereocenters. The van der Waals surface area contributed by atoms with Gasteiger partial charge >= 0.3 is 5.97 Å². The standard InChI is InChI=1S/C13H9Cl2NO4/c14-9-2-1-7(4-10(9)15)3-8-5-11(17)16(13(8)20)6-12(18)19/h1-4H,5-6H2,(H,18,19)/b8-3+. The molecule has 20 heavy (non-hydrogen) atoms. The second-order valence-electron chi connectivity index (χ2n) is 4.20. The minimum atomic E-state index is -1.23. The molecule has 0 radical (unpaired) electrons. The molecule has 0 saturated carbocycles. The van der Waals surface area contributed by atoms with Crippen LogP contribution in [0.4, 0.5) is 0 Å². The van der Waals surface area contributed by atoms with Crippen molar-refractivity contribution in [2.24, 2.45) is 0 Å². The van der Waals surface area contributed by atoms with E-state index in [0.717, 1.165) is 0 Å². The Bertz CT molecular complexity index is 639. The van der Waals surface area contributed by atoms with Gasteiger partial charge in [0.2, 0.25) is 5.91 Å². The molecule has 104 valence electrons. The van der Waals surface area contributed by atoms with Crippen molar-refractivity contribution in [2.45, 2.75) is 6.42 Å². The third-order valence-electron chi connectivity index (χ3n) is 2.74. The molecule has 5 nitrogen and oxygen atoms in total. The van der Waals surface area contributed by atoms with Gasteiger partial charge in [0, 0.05) is 5.57 Å². The minimum Gasteiger partial charge on any atom is -0.480 e. The summed E-state index contributed by atoms with van der Waals surface area (Å²) in [5.41, 5.74) is 0.849. The minimum absolute atomic E-state index is 0.119. The maximum absolute atomic E-state index is 11.9. The maximum atomic E-state index is 11.9. The van der Waals surface area contributed by atoms with Crippen LogP contribution in [0.25, 0.3) is 6.08 Å². The molecule has 1 N–H and O–H groups in total. The number of amides is 2. The van der Waals surface area contributed by atoms with Crippen molar-refractivity contribution in [2.75, 3.05) is 6.54 Å². The van der Waals surface area contributed by atoms with Crippen LogP contribution >= 0.6 is 23.2 Å². The zero-order chi connectivity index (χ0) is 14.9. The van der Waals surface area contributed by atoms with E-state index >= 15 is 0 Å². The van der Waals surface area contributed by atoms with Gasteiger partial charge in [-0.3, -0.25) is 19.3 Å². The molecule has 1 aliphatic rings. The first-order chi connectivity index (χ1) is 9.38. The summed E-state index contributed by atoms with van der Waals surface area (Å²) in [5.74, 6) is -2.35. The maximum Gasteiger partial charge on any atom is 0.323 e. The molecule has 1 aliphatic heterocycles. The van der Waals surface area contributed by atoms with Crippen LogP contribution in [0.5, 0.6) is 0 Å². The molecule has 0 unspecified atom stereocenters. The van der Waals surface area contributed by atoms with Crippen LogP contribution in [0, 0.1) is 0 Å². The molecule has 0 spiro atoms. The number of aliphatic carboxylic acids is 1. The number of imide groups is 1. The van der Waals surface area contributed by atoms with E-state index < -0.39 is 24.3 Å². The Morgan fingerprint density at radius 2 is 2.00 bits per heavy atom. The zero-order valence-corrected chi connectivity index (χ0v) is 11.6. The number of likely N-dealkylation sites (tertiary alicyclic amines) is 1. The third kappa shape index (κ3) is 3.00. The van der Waals surface area contributed by atoms with Gasteiger partial charge in [-0.2, -0.15) is 0 Å². The third-order valence-corrected chi connectivity index (χ3v) is 3.48. The van der Waals surface area contributed by atoms with E-state index in [4.69, 9.17) is 28.3 Å². The summed E-state index contributed by atoms with van der Waals surface area (Å²) in [6.07, 6.45) is 1.39.